The van der Waals surface area contributed by atoms with Crippen LogP contribution >= 0.6 is 0 Å². The van der Waals surface area contributed by atoms with Gasteiger partial charge in [-0.05, 0) is 33.1 Å². The van der Waals surface area contributed by atoms with E-state index in [0.29, 0.717) is 5.92 Å². The maximum Gasteiger partial charge on any atom is 0.408 e. The number of ether oxygens (including phenoxy) is 1. The van der Waals surface area contributed by atoms with Crippen LogP contribution in [0, 0.1) is 5.92 Å². The number of hydrogen-bond donors (Lipinski definition) is 2. The summed E-state index contributed by atoms with van der Waals surface area (Å²) in [5.41, 5.74) is -0.908. The Morgan fingerprint density at radius 3 is 2.53 bits per heavy atom. The number of hydrogen-bond acceptors (Lipinski definition) is 3. The van der Waals surface area contributed by atoms with Crippen LogP contribution < -0.4 is 5.32 Å². The normalized spacial score (nSPS) is 29.8. The van der Waals surface area contributed by atoms with Crippen LogP contribution in [0.5, 0.6) is 0 Å². The lowest BCUT2D eigenvalue weighted by Crippen LogP contribution is -2.44. The summed E-state index contributed by atoms with van der Waals surface area (Å²) < 4.78 is 5.15. The molecule has 0 saturated heterocycles. The van der Waals surface area contributed by atoms with Gasteiger partial charge in [0.05, 0.1) is 12.1 Å². The van der Waals surface area contributed by atoms with E-state index in [2.05, 4.69) is 12.2 Å². The summed E-state index contributed by atoms with van der Waals surface area (Å²) in [7, 11) is 0. The van der Waals surface area contributed by atoms with E-state index in [1.807, 2.05) is 20.8 Å². The molecule has 0 radical (unpaired) electrons. The summed E-state index contributed by atoms with van der Waals surface area (Å²) in [5, 5.41) is 12.0. The van der Waals surface area contributed by atoms with Gasteiger partial charge in [0.25, 0.3) is 0 Å². The van der Waals surface area contributed by atoms with Gasteiger partial charge in [0.2, 0.25) is 0 Å². The molecule has 0 aromatic carbocycles. The molecule has 1 saturated carbocycles. The zero-order valence-corrected chi connectivity index (χ0v) is 9.96. The summed E-state index contributed by atoms with van der Waals surface area (Å²) in [6.45, 7) is 7.51. The van der Waals surface area contributed by atoms with Gasteiger partial charge in [-0.2, -0.15) is 0 Å². The molecule has 0 bridgehead atoms. The second-order valence-corrected chi connectivity index (χ2v) is 5.25. The van der Waals surface area contributed by atoms with Gasteiger partial charge in [-0.15, -0.1) is 0 Å². The summed E-state index contributed by atoms with van der Waals surface area (Å²) >= 11 is 0. The van der Waals surface area contributed by atoms with Gasteiger partial charge >= 0.3 is 6.09 Å². The van der Waals surface area contributed by atoms with Gasteiger partial charge in [0.15, 0.2) is 0 Å². The van der Waals surface area contributed by atoms with E-state index < -0.39 is 17.2 Å². The molecule has 1 amide bonds. The largest absolute Gasteiger partial charge is 0.444 e. The van der Waals surface area contributed by atoms with Gasteiger partial charge in [0.1, 0.15) is 5.60 Å². The number of alkyl carbamates (subject to hydrolysis) is 1. The zero-order chi connectivity index (χ0) is 11.7. The molecular weight excluding hydrogens is 194 g/mol. The molecule has 2 unspecified atom stereocenters. The number of amides is 1. The molecule has 1 aliphatic rings. The predicted octanol–water partition coefficient (Wildman–Crippen LogP) is 1.67. The smallest absolute Gasteiger partial charge is 0.408 e. The Hall–Kier alpha value is -0.770. The van der Waals surface area contributed by atoms with Crippen molar-refractivity contribution in [1.29, 1.82) is 0 Å². The van der Waals surface area contributed by atoms with Gasteiger partial charge in [-0.25, -0.2) is 4.79 Å². The van der Waals surface area contributed by atoms with Crippen molar-refractivity contribution in [3.05, 3.63) is 0 Å². The molecule has 88 valence electrons. The van der Waals surface area contributed by atoms with Crippen LogP contribution in [0.15, 0.2) is 0 Å². The Labute approximate surface area is 91.0 Å². The molecule has 1 rings (SSSR count). The van der Waals surface area contributed by atoms with Crippen LogP contribution in [0.1, 0.15) is 40.5 Å². The van der Waals surface area contributed by atoms with Crippen molar-refractivity contribution in [2.24, 2.45) is 5.92 Å². The van der Waals surface area contributed by atoms with Crippen LogP contribution in [0.4, 0.5) is 4.79 Å². The predicted molar refractivity (Wildman–Crippen MR) is 57.6 cm³/mol. The molecule has 2 atom stereocenters. The fourth-order valence-electron chi connectivity index (χ4n) is 1.81. The van der Waals surface area contributed by atoms with Gasteiger partial charge in [-0.1, -0.05) is 13.3 Å². The number of nitrogens with one attached hydrogen (secondary N) is 1. The van der Waals surface area contributed by atoms with Gasteiger partial charge in [-0.3, -0.25) is 0 Å². The molecule has 0 aromatic rings. The molecule has 0 aromatic heterocycles. The molecule has 0 heterocycles. The lowest BCUT2D eigenvalue weighted by Gasteiger charge is -2.23. The molecular formula is C11H21NO3. The van der Waals surface area contributed by atoms with Crippen LogP contribution in [-0.2, 0) is 4.74 Å². The number of rotatable bonds is 3. The van der Waals surface area contributed by atoms with Crippen molar-refractivity contribution in [3.8, 4) is 0 Å². The van der Waals surface area contributed by atoms with E-state index in [4.69, 9.17) is 4.74 Å². The van der Waals surface area contributed by atoms with E-state index in [1.165, 1.54) is 0 Å². The maximum atomic E-state index is 11.5. The van der Waals surface area contributed by atoms with E-state index in [-0.39, 0.29) is 6.61 Å². The Morgan fingerprint density at radius 1 is 1.60 bits per heavy atom. The lowest BCUT2D eigenvalue weighted by molar-refractivity contribution is 0.0462. The summed E-state index contributed by atoms with van der Waals surface area (Å²) in [5.74, 6) is 0.384. The standard InChI is InChI=1S/C11H21NO3/c1-5-8-6-11(8,7-13)12-9(14)15-10(2,3)4/h8,13H,5-7H2,1-4H3,(H,12,14). The molecule has 15 heavy (non-hydrogen) atoms. The van der Waals surface area contributed by atoms with Crippen molar-refractivity contribution < 1.29 is 14.6 Å². The molecule has 1 aliphatic carbocycles. The minimum atomic E-state index is -0.489. The second kappa shape index (κ2) is 4.00. The van der Waals surface area contributed by atoms with Crippen molar-refractivity contribution >= 4 is 6.09 Å². The summed E-state index contributed by atoms with van der Waals surface area (Å²) in [6, 6.07) is 0. The third-order valence-corrected chi connectivity index (χ3v) is 2.76. The molecule has 0 spiro atoms. The highest BCUT2D eigenvalue weighted by atomic mass is 16.6. The third kappa shape index (κ3) is 3.09. The average molecular weight is 215 g/mol. The van der Waals surface area contributed by atoms with E-state index in [1.54, 1.807) is 0 Å². The lowest BCUT2D eigenvalue weighted by atomic mass is 10.2. The minimum absolute atomic E-state index is 0.00918. The summed E-state index contributed by atoms with van der Waals surface area (Å²) in [6.07, 6.45) is 1.38. The number of carbonyl (C=O) groups is 1. The number of aliphatic hydroxyl groups excluding tert-OH is 1. The van der Waals surface area contributed by atoms with Crippen LogP contribution in [0.25, 0.3) is 0 Å². The Morgan fingerprint density at radius 2 is 2.20 bits per heavy atom. The van der Waals surface area contributed by atoms with Crippen molar-refractivity contribution in [2.75, 3.05) is 6.61 Å². The van der Waals surface area contributed by atoms with Crippen LogP contribution in [0.3, 0.4) is 0 Å². The monoisotopic (exact) mass is 215 g/mol. The third-order valence-electron chi connectivity index (χ3n) is 2.76. The van der Waals surface area contributed by atoms with Crippen molar-refractivity contribution in [1.82, 2.24) is 5.32 Å². The SMILES string of the molecule is CCC1CC1(CO)NC(=O)OC(C)(C)C. The first kappa shape index (κ1) is 12.3. The fraction of sp³-hybridized carbons (Fsp3) is 0.909. The molecule has 1 fully saturated rings. The van der Waals surface area contributed by atoms with E-state index >= 15 is 0 Å². The van der Waals surface area contributed by atoms with Crippen LogP contribution in [0.2, 0.25) is 0 Å². The fourth-order valence-corrected chi connectivity index (χ4v) is 1.81. The minimum Gasteiger partial charge on any atom is -0.444 e. The van der Waals surface area contributed by atoms with Crippen molar-refractivity contribution in [2.45, 2.75) is 51.7 Å². The number of carbonyl (C=O) groups excluding carboxylic acids is 1. The van der Waals surface area contributed by atoms with Crippen molar-refractivity contribution in [3.63, 3.8) is 0 Å². The van der Waals surface area contributed by atoms with Crippen LogP contribution in [-0.4, -0.2) is 28.9 Å². The molecule has 0 aliphatic heterocycles. The highest BCUT2D eigenvalue weighted by Crippen LogP contribution is 2.45. The first-order valence-electron chi connectivity index (χ1n) is 5.45. The number of aliphatic hydroxyl groups is 1. The Bertz CT molecular complexity index is 247. The highest BCUT2D eigenvalue weighted by Gasteiger charge is 2.54. The maximum absolute atomic E-state index is 11.5. The molecule has 4 nitrogen and oxygen atoms in total. The zero-order valence-electron chi connectivity index (χ0n) is 9.96. The topological polar surface area (TPSA) is 58.6 Å². The van der Waals surface area contributed by atoms with E-state index in [9.17, 15) is 9.90 Å². The quantitative estimate of drug-likeness (QED) is 0.753. The molecule has 2 N–H and O–H groups in total. The van der Waals surface area contributed by atoms with E-state index in [0.717, 1.165) is 12.8 Å². The Balaban J connectivity index is 2.45. The Kier molecular flexibility index (Phi) is 3.28. The second-order valence-electron chi connectivity index (χ2n) is 5.25. The first-order valence-corrected chi connectivity index (χ1v) is 5.45. The average Bonchev–Trinajstić information content (AvgIpc) is 2.76. The molecule has 4 heteroatoms. The van der Waals surface area contributed by atoms with Gasteiger partial charge in [0, 0.05) is 0 Å². The van der Waals surface area contributed by atoms with Gasteiger partial charge < -0.3 is 15.2 Å². The first-order chi connectivity index (χ1) is 6.83. The summed E-state index contributed by atoms with van der Waals surface area (Å²) in [4.78, 5) is 11.5. The highest BCUT2D eigenvalue weighted by molar-refractivity contribution is 5.69.